The van der Waals surface area contributed by atoms with Gasteiger partial charge in [0.1, 0.15) is 10.6 Å². The SMILES string of the molecule is CCOc1ccc(NC(=O)CSc2nc3sc(CC)cc3c(=O)n2-c2ccccc2)cc1. The van der Waals surface area contributed by atoms with Crippen LogP contribution in [0.2, 0.25) is 0 Å². The Bertz CT molecular complexity index is 1280. The van der Waals surface area contributed by atoms with Gasteiger partial charge in [0.15, 0.2) is 5.16 Å². The first-order valence-electron chi connectivity index (χ1n) is 10.4. The molecule has 0 atom stereocenters. The van der Waals surface area contributed by atoms with Crippen molar-refractivity contribution in [3.8, 4) is 11.4 Å². The monoisotopic (exact) mass is 465 g/mol. The summed E-state index contributed by atoms with van der Waals surface area (Å²) in [6, 6.07) is 18.5. The van der Waals surface area contributed by atoms with Crippen molar-refractivity contribution in [2.24, 2.45) is 0 Å². The minimum Gasteiger partial charge on any atom is -0.494 e. The van der Waals surface area contributed by atoms with Crippen LogP contribution >= 0.6 is 23.1 Å². The van der Waals surface area contributed by atoms with Crippen molar-refractivity contribution in [3.63, 3.8) is 0 Å². The summed E-state index contributed by atoms with van der Waals surface area (Å²) in [6.45, 7) is 4.57. The summed E-state index contributed by atoms with van der Waals surface area (Å²) in [5.74, 6) is 0.712. The number of benzene rings is 2. The third-order valence-electron chi connectivity index (χ3n) is 4.73. The summed E-state index contributed by atoms with van der Waals surface area (Å²) in [5.41, 5.74) is 1.30. The van der Waals surface area contributed by atoms with E-state index in [0.29, 0.717) is 27.7 Å². The molecule has 0 bridgehead atoms. The molecule has 8 heteroatoms. The van der Waals surface area contributed by atoms with Crippen molar-refractivity contribution in [2.75, 3.05) is 17.7 Å². The number of thioether (sulfide) groups is 1. The lowest BCUT2D eigenvalue weighted by atomic mass is 10.3. The molecule has 4 aromatic rings. The average Bonchev–Trinajstić information content (AvgIpc) is 3.23. The molecule has 0 saturated carbocycles. The number of carbonyl (C=O) groups is 1. The number of fused-ring (bicyclic) bond motifs is 1. The molecule has 2 heterocycles. The van der Waals surface area contributed by atoms with E-state index in [-0.39, 0.29) is 17.2 Å². The number of rotatable bonds is 8. The molecule has 2 aromatic heterocycles. The Balaban J connectivity index is 1.59. The van der Waals surface area contributed by atoms with Gasteiger partial charge in [0, 0.05) is 10.6 Å². The highest BCUT2D eigenvalue weighted by Crippen LogP contribution is 2.27. The van der Waals surface area contributed by atoms with Crippen LogP contribution in [0.5, 0.6) is 5.75 Å². The van der Waals surface area contributed by atoms with Crippen LogP contribution in [0.15, 0.2) is 70.6 Å². The second-order valence-corrected chi connectivity index (χ2v) is 9.01. The summed E-state index contributed by atoms with van der Waals surface area (Å²) >= 11 is 2.77. The standard InChI is InChI=1S/C24H23N3O3S2/c1-3-19-14-20-22(32-19)26-24(27(23(20)29)17-8-6-5-7-9-17)31-15-21(28)25-16-10-12-18(13-11-16)30-4-2/h5-14H,3-4,15H2,1-2H3,(H,25,28). The fourth-order valence-electron chi connectivity index (χ4n) is 3.22. The van der Waals surface area contributed by atoms with E-state index in [2.05, 4.69) is 12.2 Å². The lowest BCUT2D eigenvalue weighted by molar-refractivity contribution is -0.113. The number of aromatic nitrogens is 2. The second-order valence-electron chi connectivity index (χ2n) is 6.95. The zero-order valence-corrected chi connectivity index (χ0v) is 19.5. The predicted molar refractivity (Wildman–Crippen MR) is 132 cm³/mol. The minimum absolute atomic E-state index is 0.119. The van der Waals surface area contributed by atoms with Gasteiger partial charge in [0.25, 0.3) is 5.56 Å². The van der Waals surface area contributed by atoms with E-state index >= 15 is 0 Å². The second kappa shape index (κ2) is 10.0. The molecule has 0 aliphatic heterocycles. The third kappa shape index (κ3) is 4.87. The number of nitrogens with one attached hydrogen (secondary N) is 1. The molecular formula is C24H23N3O3S2. The average molecular weight is 466 g/mol. The Morgan fingerprint density at radius 1 is 1.12 bits per heavy atom. The van der Waals surface area contributed by atoms with E-state index in [0.717, 1.165) is 22.7 Å². The van der Waals surface area contributed by atoms with Gasteiger partial charge in [0.2, 0.25) is 5.91 Å². The summed E-state index contributed by atoms with van der Waals surface area (Å²) in [6.07, 6.45) is 0.846. The fourth-order valence-corrected chi connectivity index (χ4v) is 5.04. The first-order chi connectivity index (χ1) is 15.6. The largest absolute Gasteiger partial charge is 0.494 e. The number of carbonyl (C=O) groups excluding carboxylic acids is 1. The molecule has 1 amide bonds. The molecule has 4 rings (SSSR count). The molecule has 0 radical (unpaired) electrons. The van der Waals surface area contributed by atoms with Crippen molar-refractivity contribution in [1.29, 1.82) is 0 Å². The molecule has 164 valence electrons. The van der Waals surface area contributed by atoms with Gasteiger partial charge in [-0.25, -0.2) is 4.98 Å². The number of aryl methyl sites for hydroxylation is 1. The zero-order valence-electron chi connectivity index (χ0n) is 17.8. The van der Waals surface area contributed by atoms with Crippen LogP contribution in [0.3, 0.4) is 0 Å². The van der Waals surface area contributed by atoms with Crippen LogP contribution in [-0.2, 0) is 11.2 Å². The molecule has 0 aliphatic carbocycles. The number of nitrogens with zero attached hydrogens (tertiary/aromatic N) is 2. The maximum absolute atomic E-state index is 13.3. The van der Waals surface area contributed by atoms with Crippen molar-refractivity contribution in [1.82, 2.24) is 9.55 Å². The molecule has 32 heavy (non-hydrogen) atoms. The van der Waals surface area contributed by atoms with Gasteiger partial charge in [0.05, 0.1) is 23.4 Å². The van der Waals surface area contributed by atoms with E-state index in [9.17, 15) is 9.59 Å². The molecular weight excluding hydrogens is 442 g/mol. The number of para-hydroxylation sites is 1. The van der Waals surface area contributed by atoms with Gasteiger partial charge < -0.3 is 10.1 Å². The first kappa shape index (κ1) is 22.1. The Morgan fingerprint density at radius 2 is 1.88 bits per heavy atom. The van der Waals surface area contributed by atoms with Gasteiger partial charge in [-0.15, -0.1) is 11.3 Å². The predicted octanol–water partition coefficient (Wildman–Crippen LogP) is 5.14. The molecule has 0 fully saturated rings. The van der Waals surface area contributed by atoms with Crippen LogP contribution in [0.25, 0.3) is 15.9 Å². The quantitative estimate of drug-likeness (QED) is 0.288. The van der Waals surface area contributed by atoms with Gasteiger partial charge >= 0.3 is 0 Å². The Hall–Kier alpha value is -3.10. The highest BCUT2D eigenvalue weighted by Gasteiger charge is 2.17. The fraction of sp³-hybridized carbons (Fsp3) is 0.208. The summed E-state index contributed by atoms with van der Waals surface area (Å²) in [5, 5.41) is 3.99. The van der Waals surface area contributed by atoms with E-state index < -0.39 is 0 Å². The van der Waals surface area contributed by atoms with Crippen molar-refractivity contribution >= 4 is 44.9 Å². The van der Waals surface area contributed by atoms with Gasteiger partial charge in [-0.2, -0.15) is 0 Å². The summed E-state index contributed by atoms with van der Waals surface area (Å²) in [4.78, 5) is 32.4. The van der Waals surface area contributed by atoms with Crippen molar-refractivity contribution in [3.05, 3.63) is 75.9 Å². The number of thiophene rings is 1. The van der Waals surface area contributed by atoms with E-state index in [4.69, 9.17) is 9.72 Å². The molecule has 0 unspecified atom stereocenters. The van der Waals surface area contributed by atoms with Crippen LogP contribution in [0, 0.1) is 0 Å². The number of amides is 1. The van der Waals surface area contributed by atoms with Crippen LogP contribution in [0.4, 0.5) is 5.69 Å². The van der Waals surface area contributed by atoms with Gasteiger partial charge in [-0.05, 0) is 55.8 Å². The Labute approximate surface area is 194 Å². The molecule has 6 nitrogen and oxygen atoms in total. The van der Waals surface area contributed by atoms with Gasteiger partial charge in [-0.3, -0.25) is 14.2 Å². The van der Waals surface area contributed by atoms with E-state index in [1.807, 2.05) is 55.5 Å². The van der Waals surface area contributed by atoms with Crippen molar-refractivity contribution < 1.29 is 9.53 Å². The number of hydrogen-bond acceptors (Lipinski definition) is 6. The molecule has 0 aliphatic rings. The number of hydrogen-bond donors (Lipinski definition) is 1. The summed E-state index contributed by atoms with van der Waals surface area (Å²) < 4.78 is 7.01. The minimum atomic E-state index is -0.173. The normalized spacial score (nSPS) is 10.9. The van der Waals surface area contributed by atoms with Gasteiger partial charge in [-0.1, -0.05) is 36.9 Å². The first-order valence-corrected chi connectivity index (χ1v) is 12.2. The zero-order chi connectivity index (χ0) is 22.5. The molecule has 0 spiro atoms. The topological polar surface area (TPSA) is 73.2 Å². The Kier molecular flexibility index (Phi) is 6.92. The lowest BCUT2D eigenvalue weighted by Crippen LogP contribution is -2.22. The van der Waals surface area contributed by atoms with E-state index in [1.165, 1.54) is 23.1 Å². The Morgan fingerprint density at radius 3 is 2.56 bits per heavy atom. The van der Waals surface area contributed by atoms with Crippen LogP contribution in [-0.4, -0.2) is 27.8 Å². The smallest absolute Gasteiger partial charge is 0.267 e. The highest BCUT2D eigenvalue weighted by molar-refractivity contribution is 7.99. The van der Waals surface area contributed by atoms with Crippen molar-refractivity contribution in [2.45, 2.75) is 25.4 Å². The number of anilines is 1. The maximum Gasteiger partial charge on any atom is 0.267 e. The maximum atomic E-state index is 13.3. The van der Waals surface area contributed by atoms with Crippen LogP contribution < -0.4 is 15.6 Å². The van der Waals surface area contributed by atoms with E-state index in [1.54, 1.807) is 16.7 Å². The molecule has 0 saturated heterocycles. The molecule has 1 N–H and O–H groups in total. The third-order valence-corrected chi connectivity index (χ3v) is 6.84. The summed E-state index contributed by atoms with van der Waals surface area (Å²) in [7, 11) is 0. The van der Waals surface area contributed by atoms with Crippen LogP contribution in [0.1, 0.15) is 18.7 Å². The highest BCUT2D eigenvalue weighted by atomic mass is 32.2. The number of ether oxygens (including phenoxy) is 1. The lowest BCUT2D eigenvalue weighted by Gasteiger charge is -2.12. The molecule has 2 aromatic carbocycles.